The van der Waals surface area contributed by atoms with Gasteiger partial charge < -0.3 is 14.3 Å². The van der Waals surface area contributed by atoms with Crippen LogP contribution >= 0.6 is 0 Å². The van der Waals surface area contributed by atoms with Gasteiger partial charge in [-0.3, -0.25) is 0 Å². The highest BCUT2D eigenvalue weighted by Gasteiger charge is 2.10. The van der Waals surface area contributed by atoms with Crippen molar-refractivity contribution in [2.24, 2.45) is 7.05 Å². The third kappa shape index (κ3) is 2.56. The summed E-state index contributed by atoms with van der Waals surface area (Å²) in [6, 6.07) is 10.0. The summed E-state index contributed by atoms with van der Waals surface area (Å²) in [6.07, 6.45) is 4.12. The molecule has 2 heterocycles. The Kier molecular flexibility index (Phi) is 3.25. The number of nitrogens with zero attached hydrogens (tertiary/aromatic N) is 3. The smallest absolute Gasteiger partial charge is 0.249 e. The van der Waals surface area contributed by atoms with Crippen molar-refractivity contribution in [3.05, 3.63) is 54.2 Å². The molecule has 0 amide bonds. The molecule has 102 valence electrons. The monoisotopic (exact) mass is 268 g/mol. The molecule has 2 aromatic heterocycles. The van der Waals surface area contributed by atoms with Gasteiger partial charge in [-0.15, -0.1) is 10.2 Å². The molecular weight excluding hydrogens is 252 g/mol. The molecule has 0 atom stereocenters. The third-order valence-electron chi connectivity index (χ3n) is 3.06. The number of rotatable bonds is 4. The van der Waals surface area contributed by atoms with E-state index < -0.39 is 0 Å². The number of benzene rings is 1. The lowest BCUT2D eigenvalue weighted by molar-refractivity contribution is 0.533. The lowest BCUT2D eigenvalue weighted by Gasteiger charge is -2.08. The fourth-order valence-electron chi connectivity index (χ4n) is 2.09. The van der Waals surface area contributed by atoms with Gasteiger partial charge in [0.05, 0.1) is 5.56 Å². The molecular formula is C15H16N4O. The second-order valence-electron chi connectivity index (χ2n) is 4.71. The SMILES string of the molecule is Cc1nnc(-c2ccccc2NCc2ccn(C)c2)o1. The minimum atomic E-state index is 0.540. The molecule has 5 nitrogen and oxygen atoms in total. The molecule has 0 radical (unpaired) electrons. The summed E-state index contributed by atoms with van der Waals surface area (Å²) in [5, 5.41) is 11.4. The first-order valence-electron chi connectivity index (χ1n) is 6.46. The Morgan fingerprint density at radius 2 is 2.05 bits per heavy atom. The van der Waals surface area contributed by atoms with Crippen LogP contribution in [-0.4, -0.2) is 14.8 Å². The second kappa shape index (κ2) is 5.21. The molecule has 0 unspecified atom stereocenters. The van der Waals surface area contributed by atoms with Crippen molar-refractivity contribution in [3.8, 4) is 11.5 Å². The average Bonchev–Trinajstić information content (AvgIpc) is 3.06. The van der Waals surface area contributed by atoms with Crippen LogP contribution in [0.25, 0.3) is 11.5 Å². The number of hydrogen-bond acceptors (Lipinski definition) is 4. The van der Waals surface area contributed by atoms with Gasteiger partial charge in [-0.25, -0.2) is 0 Å². The van der Waals surface area contributed by atoms with Crippen molar-refractivity contribution < 1.29 is 4.42 Å². The van der Waals surface area contributed by atoms with Crippen LogP contribution in [0.5, 0.6) is 0 Å². The number of anilines is 1. The molecule has 3 rings (SSSR count). The lowest BCUT2D eigenvalue weighted by atomic mass is 10.1. The number of hydrogen-bond donors (Lipinski definition) is 1. The highest BCUT2D eigenvalue weighted by atomic mass is 16.4. The normalized spacial score (nSPS) is 10.7. The summed E-state index contributed by atoms with van der Waals surface area (Å²) in [5.41, 5.74) is 3.13. The van der Waals surface area contributed by atoms with Gasteiger partial charge in [0.2, 0.25) is 11.8 Å². The van der Waals surface area contributed by atoms with Crippen molar-refractivity contribution in [1.82, 2.24) is 14.8 Å². The summed E-state index contributed by atoms with van der Waals surface area (Å²) in [4.78, 5) is 0. The van der Waals surface area contributed by atoms with E-state index in [9.17, 15) is 0 Å². The van der Waals surface area contributed by atoms with Crippen LogP contribution in [0.1, 0.15) is 11.5 Å². The molecule has 0 bridgehead atoms. The maximum Gasteiger partial charge on any atom is 0.249 e. The first-order valence-corrected chi connectivity index (χ1v) is 6.46. The van der Waals surface area contributed by atoms with Gasteiger partial charge in [0.1, 0.15) is 0 Å². The highest BCUT2D eigenvalue weighted by Crippen LogP contribution is 2.26. The fourth-order valence-corrected chi connectivity index (χ4v) is 2.09. The van der Waals surface area contributed by atoms with Gasteiger partial charge in [0, 0.05) is 38.6 Å². The molecule has 1 aromatic carbocycles. The van der Waals surface area contributed by atoms with E-state index in [0.29, 0.717) is 11.8 Å². The Morgan fingerprint density at radius 3 is 2.75 bits per heavy atom. The molecule has 20 heavy (non-hydrogen) atoms. The molecule has 0 saturated heterocycles. The molecule has 0 aliphatic rings. The van der Waals surface area contributed by atoms with Crippen molar-refractivity contribution in [3.63, 3.8) is 0 Å². The van der Waals surface area contributed by atoms with E-state index in [0.717, 1.165) is 17.8 Å². The minimum Gasteiger partial charge on any atom is -0.421 e. The standard InChI is InChI=1S/C15H16N4O/c1-11-17-18-15(20-11)13-5-3-4-6-14(13)16-9-12-7-8-19(2)10-12/h3-8,10,16H,9H2,1-2H3. The van der Waals surface area contributed by atoms with Crippen LogP contribution in [0.4, 0.5) is 5.69 Å². The van der Waals surface area contributed by atoms with Crippen molar-refractivity contribution in [2.45, 2.75) is 13.5 Å². The van der Waals surface area contributed by atoms with E-state index in [-0.39, 0.29) is 0 Å². The van der Waals surface area contributed by atoms with Crippen molar-refractivity contribution in [1.29, 1.82) is 0 Å². The van der Waals surface area contributed by atoms with Crippen LogP contribution < -0.4 is 5.32 Å². The first-order chi connectivity index (χ1) is 9.72. The Balaban J connectivity index is 1.83. The molecule has 0 saturated carbocycles. The third-order valence-corrected chi connectivity index (χ3v) is 3.06. The van der Waals surface area contributed by atoms with Gasteiger partial charge >= 0.3 is 0 Å². The quantitative estimate of drug-likeness (QED) is 0.790. The summed E-state index contributed by atoms with van der Waals surface area (Å²) >= 11 is 0. The number of aryl methyl sites for hydroxylation is 2. The molecule has 0 aliphatic heterocycles. The van der Waals surface area contributed by atoms with E-state index in [1.54, 1.807) is 6.92 Å². The Bertz CT molecular complexity index is 714. The number of nitrogens with one attached hydrogen (secondary N) is 1. The largest absolute Gasteiger partial charge is 0.421 e. The Hall–Kier alpha value is -2.56. The zero-order valence-corrected chi connectivity index (χ0v) is 11.5. The van der Waals surface area contributed by atoms with Crippen LogP contribution in [0.2, 0.25) is 0 Å². The van der Waals surface area contributed by atoms with Crippen molar-refractivity contribution in [2.75, 3.05) is 5.32 Å². The van der Waals surface area contributed by atoms with Crippen molar-refractivity contribution >= 4 is 5.69 Å². The highest BCUT2D eigenvalue weighted by molar-refractivity contribution is 5.72. The van der Waals surface area contributed by atoms with Gasteiger partial charge in [-0.2, -0.15) is 0 Å². The maximum absolute atomic E-state index is 5.50. The molecule has 0 aliphatic carbocycles. The molecule has 0 fully saturated rings. The fraction of sp³-hybridized carbons (Fsp3) is 0.200. The molecule has 1 N–H and O–H groups in total. The predicted octanol–water partition coefficient (Wildman–Crippen LogP) is 3.00. The molecule has 0 spiro atoms. The van der Waals surface area contributed by atoms with Crippen LogP contribution in [0.15, 0.2) is 47.1 Å². The summed E-state index contributed by atoms with van der Waals surface area (Å²) in [6.45, 7) is 2.54. The zero-order chi connectivity index (χ0) is 13.9. The lowest BCUT2D eigenvalue weighted by Crippen LogP contribution is -2.00. The Labute approximate surface area is 117 Å². The zero-order valence-electron chi connectivity index (χ0n) is 11.5. The molecule has 5 heteroatoms. The van der Waals surface area contributed by atoms with Crippen LogP contribution in [0, 0.1) is 6.92 Å². The first kappa shape index (κ1) is 12.5. The topological polar surface area (TPSA) is 55.9 Å². The van der Waals surface area contributed by atoms with Gasteiger partial charge in [-0.1, -0.05) is 12.1 Å². The summed E-state index contributed by atoms with van der Waals surface area (Å²) in [5.74, 6) is 1.11. The van der Waals surface area contributed by atoms with Crippen LogP contribution in [0.3, 0.4) is 0 Å². The van der Waals surface area contributed by atoms with E-state index in [4.69, 9.17) is 4.42 Å². The Morgan fingerprint density at radius 1 is 1.20 bits per heavy atom. The summed E-state index contributed by atoms with van der Waals surface area (Å²) in [7, 11) is 2.01. The van der Waals surface area contributed by atoms with Gasteiger partial charge in [-0.05, 0) is 23.8 Å². The predicted molar refractivity (Wildman–Crippen MR) is 77.2 cm³/mol. The van der Waals surface area contributed by atoms with Gasteiger partial charge in [0.15, 0.2) is 0 Å². The van der Waals surface area contributed by atoms with Gasteiger partial charge in [0.25, 0.3) is 0 Å². The molecule has 3 aromatic rings. The van der Waals surface area contributed by atoms with E-state index >= 15 is 0 Å². The van der Waals surface area contributed by atoms with Crippen LogP contribution in [-0.2, 0) is 13.6 Å². The summed E-state index contributed by atoms with van der Waals surface area (Å²) < 4.78 is 7.53. The number of para-hydroxylation sites is 1. The van der Waals surface area contributed by atoms with E-state index in [2.05, 4.69) is 27.8 Å². The number of aromatic nitrogens is 3. The minimum absolute atomic E-state index is 0.540. The second-order valence-corrected chi connectivity index (χ2v) is 4.71. The van der Waals surface area contributed by atoms with E-state index in [1.165, 1.54) is 5.56 Å². The van der Waals surface area contributed by atoms with E-state index in [1.807, 2.05) is 42.1 Å². The maximum atomic E-state index is 5.50. The average molecular weight is 268 g/mol.